The van der Waals surface area contributed by atoms with Crippen LogP contribution < -0.4 is 19.7 Å². The van der Waals surface area contributed by atoms with Crippen LogP contribution in [0.1, 0.15) is 34.0 Å². The monoisotopic (exact) mass is 490 g/mol. The van der Waals surface area contributed by atoms with Crippen molar-refractivity contribution in [2.45, 2.75) is 33.4 Å². The quantitative estimate of drug-likeness (QED) is 0.480. The van der Waals surface area contributed by atoms with Crippen molar-refractivity contribution in [3.63, 3.8) is 0 Å². The lowest BCUT2D eigenvalue weighted by atomic mass is 10.1. The molecule has 1 N–H and O–H groups in total. The van der Waals surface area contributed by atoms with E-state index in [1.807, 2.05) is 32.0 Å². The molecule has 0 spiro atoms. The number of aryl methyl sites for hydroxylation is 2. The number of carbonyl (C=O) groups is 3. The molecule has 1 atom stereocenters. The topological polar surface area (TPSA) is 84.9 Å². The highest BCUT2D eigenvalue weighted by molar-refractivity contribution is 6.05. The van der Waals surface area contributed by atoms with Crippen LogP contribution in [0, 0.1) is 19.7 Å². The predicted molar refractivity (Wildman–Crippen MR) is 133 cm³/mol. The third kappa shape index (κ3) is 5.54. The summed E-state index contributed by atoms with van der Waals surface area (Å²) < 4.78 is 24.4. The molecule has 7 nitrogen and oxygen atoms in total. The van der Waals surface area contributed by atoms with E-state index < -0.39 is 17.9 Å². The van der Waals surface area contributed by atoms with Crippen molar-refractivity contribution in [1.29, 1.82) is 0 Å². The minimum absolute atomic E-state index is 0.175. The van der Waals surface area contributed by atoms with Crippen LogP contribution in [0.5, 0.6) is 11.5 Å². The van der Waals surface area contributed by atoms with Crippen LogP contribution in [0.4, 0.5) is 10.1 Å². The number of halogens is 1. The van der Waals surface area contributed by atoms with Gasteiger partial charge in [0.2, 0.25) is 5.91 Å². The Kier molecular flexibility index (Phi) is 7.33. The number of ether oxygens (including phenoxy) is 2. The first-order valence-electron chi connectivity index (χ1n) is 11.6. The highest BCUT2D eigenvalue weighted by Gasteiger charge is 2.33. The van der Waals surface area contributed by atoms with Gasteiger partial charge in [0.1, 0.15) is 23.4 Å². The minimum atomic E-state index is -0.864. The Balaban J connectivity index is 1.48. The molecule has 36 heavy (non-hydrogen) atoms. The number of hydrogen-bond acceptors (Lipinski definition) is 5. The average molecular weight is 491 g/mol. The molecule has 0 saturated heterocycles. The summed E-state index contributed by atoms with van der Waals surface area (Å²) in [6.45, 7) is 5.29. The zero-order valence-electron chi connectivity index (χ0n) is 20.3. The zero-order valence-corrected chi connectivity index (χ0v) is 20.3. The number of hydrogen-bond donors (Lipinski definition) is 1. The molecule has 0 fully saturated rings. The lowest BCUT2D eigenvalue weighted by molar-refractivity contribution is -0.127. The summed E-state index contributed by atoms with van der Waals surface area (Å²) in [5.74, 6) is -0.403. The summed E-state index contributed by atoms with van der Waals surface area (Å²) in [6, 6.07) is 15.4. The number of ketones is 1. The van der Waals surface area contributed by atoms with Gasteiger partial charge in [-0.15, -0.1) is 0 Å². The molecule has 3 aromatic carbocycles. The molecule has 1 aliphatic heterocycles. The molecule has 0 saturated carbocycles. The molecular formula is C28H27FN2O5. The van der Waals surface area contributed by atoms with E-state index in [4.69, 9.17) is 9.47 Å². The Morgan fingerprint density at radius 1 is 1.08 bits per heavy atom. The number of rotatable bonds is 8. The van der Waals surface area contributed by atoms with E-state index in [2.05, 4.69) is 5.32 Å². The second-order valence-corrected chi connectivity index (χ2v) is 8.74. The Bertz CT molecular complexity index is 1310. The number of amides is 2. The Morgan fingerprint density at radius 3 is 2.56 bits per heavy atom. The maximum Gasteiger partial charge on any atom is 0.265 e. The van der Waals surface area contributed by atoms with Gasteiger partial charge in [-0.2, -0.15) is 0 Å². The number of anilines is 1. The lowest BCUT2D eigenvalue weighted by Crippen LogP contribution is -2.51. The molecule has 1 aliphatic rings. The first-order chi connectivity index (χ1) is 17.2. The van der Waals surface area contributed by atoms with Gasteiger partial charge in [-0.25, -0.2) is 4.39 Å². The average Bonchev–Trinajstić information content (AvgIpc) is 2.86. The molecular weight excluding hydrogens is 463 g/mol. The lowest BCUT2D eigenvalue weighted by Gasteiger charge is -2.33. The van der Waals surface area contributed by atoms with Crippen molar-refractivity contribution in [1.82, 2.24) is 5.32 Å². The van der Waals surface area contributed by atoms with Gasteiger partial charge in [-0.05, 0) is 68.3 Å². The van der Waals surface area contributed by atoms with E-state index in [0.29, 0.717) is 22.7 Å². The fraction of sp³-hybridized carbons (Fsp3) is 0.250. The van der Waals surface area contributed by atoms with E-state index in [1.165, 1.54) is 17.0 Å². The summed E-state index contributed by atoms with van der Waals surface area (Å²) in [6.07, 6.45) is 0. The molecule has 0 bridgehead atoms. The van der Waals surface area contributed by atoms with Crippen LogP contribution in [0.15, 0.2) is 60.7 Å². The summed E-state index contributed by atoms with van der Waals surface area (Å²) in [4.78, 5) is 39.8. The third-order valence-electron chi connectivity index (χ3n) is 6.00. The summed E-state index contributed by atoms with van der Waals surface area (Å²) in [7, 11) is 0. The van der Waals surface area contributed by atoms with Crippen LogP contribution in [0.3, 0.4) is 0 Å². The number of benzene rings is 3. The van der Waals surface area contributed by atoms with E-state index in [0.717, 1.165) is 16.7 Å². The van der Waals surface area contributed by atoms with E-state index in [-0.39, 0.29) is 31.4 Å². The number of fused-ring (bicyclic) bond motifs is 1. The second-order valence-electron chi connectivity index (χ2n) is 8.74. The number of carbonyl (C=O) groups excluding carboxylic acids is 3. The highest BCUT2D eigenvalue weighted by Crippen LogP contribution is 2.34. The van der Waals surface area contributed by atoms with Crippen LogP contribution in [0.2, 0.25) is 0 Å². The zero-order chi connectivity index (χ0) is 25.8. The fourth-order valence-electron chi connectivity index (χ4n) is 4.01. The van der Waals surface area contributed by atoms with E-state index >= 15 is 0 Å². The summed E-state index contributed by atoms with van der Waals surface area (Å²) in [5.41, 5.74) is 3.43. The number of nitrogens with zero attached hydrogens (tertiary/aromatic N) is 1. The fourth-order valence-corrected chi connectivity index (χ4v) is 4.01. The predicted octanol–water partition coefficient (Wildman–Crippen LogP) is 4.13. The molecule has 0 radical (unpaired) electrons. The first-order valence-corrected chi connectivity index (χ1v) is 11.6. The molecule has 4 rings (SSSR count). The van der Waals surface area contributed by atoms with Gasteiger partial charge in [-0.1, -0.05) is 29.8 Å². The van der Waals surface area contributed by atoms with Gasteiger partial charge < -0.3 is 14.8 Å². The van der Waals surface area contributed by atoms with Gasteiger partial charge in [0, 0.05) is 12.1 Å². The molecule has 2 amide bonds. The Hall–Kier alpha value is -4.20. The van der Waals surface area contributed by atoms with E-state index in [9.17, 15) is 18.8 Å². The normalized spacial score (nSPS) is 13.4. The Labute approximate surface area is 208 Å². The highest BCUT2D eigenvalue weighted by atomic mass is 19.1. The minimum Gasteiger partial charge on any atom is -0.485 e. The van der Waals surface area contributed by atoms with Crippen molar-refractivity contribution in [2.75, 3.05) is 18.1 Å². The van der Waals surface area contributed by atoms with Gasteiger partial charge in [-0.3, -0.25) is 19.3 Å². The molecule has 3 aromatic rings. The van der Waals surface area contributed by atoms with Crippen molar-refractivity contribution in [2.24, 2.45) is 0 Å². The number of Topliss-reactive ketones (excluding diaryl/α,β-unsaturated/α-hetero) is 1. The van der Waals surface area contributed by atoms with Gasteiger partial charge in [0.15, 0.2) is 19.0 Å². The number of nitrogens with one attached hydrogen (secondary N) is 1. The molecule has 1 heterocycles. The molecule has 0 aliphatic carbocycles. The summed E-state index contributed by atoms with van der Waals surface area (Å²) >= 11 is 0. The Morgan fingerprint density at radius 2 is 1.83 bits per heavy atom. The molecule has 1 unspecified atom stereocenters. The van der Waals surface area contributed by atoms with Crippen molar-refractivity contribution < 1.29 is 28.2 Å². The third-order valence-corrected chi connectivity index (χ3v) is 6.00. The first kappa shape index (κ1) is 24.9. The van der Waals surface area contributed by atoms with Gasteiger partial charge in [0.05, 0.1) is 5.69 Å². The van der Waals surface area contributed by atoms with Crippen LogP contribution in [0.25, 0.3) is 0 Å². The molecule has 186 valence electrons. The van der Waals surface area contributed by atoms with E-state index in [1.54, 1.807) is 37.3 Å². The second kappa shape index (κ2) is 10.6. The maximum absolute atomic E-state index is 13.1. The standard InChI is InChI=1S/C28H27FN2O5/c1-17-4-10-25(18(2)12-17)35-15-24(32)21-7-11-26-23(13-21)31(27(33)16-36-26)19(3)28(34)30-14-20-5-8-22(29)9-6-20/h4-13,19H,14-16H2,1-3H3,(H,30,34). The van der Waals surface area contributed by atoms with Gasteiger partial charge in [0.25, 0.3) is 5.91 Å². The van der Waals surface area contributed by atoms with Crippen LogP contribution >= 0.6 is 0 Å². The molecule has 8 heteroatoms. The van der Waals surface area contributed by atoms with Crippen molar-refractivity contribution in [3.05, 3.63) is 88.7 Å². The summed E-state index contributed by atoms with van der Waals surface area (Å²) in [5, 5.41) is 2.77. The maximum atomic E-state index is 13.1. The van der Waals surface area contributed by atoms with Crippen molar-refractivity contribution in [3.8, 4) is 11.5 Å². The smallest absolute Gasteiger partial charge is 0.265 e. The largest absolute Gasteiger partial charge is 0.485 e. The van der Waals surface area contributed by atoms with Crippen LogP contribution in [-0.4, -0.2) is 36.9 Å². The molecule has 0 aromatic heterocycles. The van der Waals surface area contributed by atoms with Crippen LogP contribution in [-0.2, 0) is 16.1 Å². The van der Waals surface area contributed by atoms with Gasteiger partial charge >= 0.3 is 0 Å². The SMILES string of the molecule is Cc1ccc(OCC(=O)c2ccc3c(c2)N(C(C)C(=O)NCc2ccc(F)cc2)C(=O)CO3)c(C)c1. The van der Waals surface area contributed by atoms with Crippen molar-refractivity contribution >= 4 is 23.3 Å².